The van der Waals surface area contributed by atoms with Gasteiger partial charge >= 0.3 is 0 Å². The van der Waals surface area contributed by atoms with E-state index < -0.39 is 6.04 Å². The summed E-state index contributed by atoms with van der Waals surface area (Å²) in [6.45, 7) is 3.19. The predicted octanol–water partition coefficient (Wildman–Crippen LogP) is 1.07. The molecule has 3 atom stereocenters. The summed E-state index contributed by atoms with van der Waals surface area (Å²) in [6.07, 6.45) is 5.61. The third-order valence-electron chi connectivity index (χ3n) is 7.14. The van der Waals surface area contributed by atoms with Gasteiger partial charge in [0.05, 0.1) is 0 Å². The zero-order chi connectivity index (χ0) is 20.0. The van der Waals surface area contributed by atoms with Gasteiger partial charge in [-0.3, -0.25) is 19.7 Å². The molecule has 1 aromatic carbocycles. The monoisotopic (exact) mass is 396 g/mol. The maximum Gasteiger partial charge on any atom is 0.255 e. The highest BCUT2D eigenvalue weighted by molar-refractivity contribution is 6.05. The summed E-state index contributed by atoms with van der Waals surface area (Å²) >= 11 is 0. The van der Waals surface area contributed by atoms with Gasteiger partial charge in [0.15, 0.2) is 0 Å². The first kappa shape index (κ1) is 18.8. The Morgan fingerprint density at radius 3 is 2.97 bits per heavy atom. The third kappa shape index (κ3) is 3.36. The van der Waals surface area contributed by atoms with Gasteiger partial charge in [-0.15, -0.1) is 0 Å². The molecule has 5 rings (SSSR count). The second kappa shape index (κ2) is 7.22. The molecule has 0 aromatic heterocycles. The molecule has 2 bridgehead atoms. The van der Waals surface area contributed by atoms with E-state index in [1.807, 2.05) is 18.2 Å². The van der Waals surface area contributed by atoms with Crippen molar-refractivity contribution in [1.82, 2.24) is 20.9 Å². The highest BCUT2D eigenvalue weighted by Crippen LogP contribution is 2.36. The van der Waals surface area contributed by atoms with E-state index in [0.717, 1.165) is 35.7 Å². The zero-order valence-corrected chi connectivity index (χ0v) is 16.6. The topological polar surface area (TPSA) is 90.5 Å². The van der Waals surface area contributed by atoms with E-state index in [0.29, 0.717) is 19.5 Å². The Balaban J connectivity index is 1.34. The summed E-state index contributed by atoms with van der Waals surface area (Å²) in [5.41, 5.74) is 2.83. The molecule has 1 aliphatic carbocycles. The second-order valence-corrected chi connectivity index (χ2v) is 9.08. The summed E-state index contributed by atoms with van der Waals surface area (Å²) < 4.78 is 0. The van der Waals surface area contributed by atoms with Crippen molar-refractivity contribution in [1.29, 1.82) is 0 Å². The fraction of sp³-hybridized carbons (Fsp3) is 0.591. The highest BCUT2D eigenvalue weighted by atomic mass is 16.2. The highest BCUT2D eigenvalue weighted by Gasteiger charge is 2.41. The number of amides is 3. The first-order valence-electron chi connectivity index (χ1n) is 10.8. The van der Waals surface area contributed by atoms with Gasteiger partial charge in [-0.25, -0.2) is 0 Å². The van der Waals surface area contributed by atoms with Gasteiger partial charge in [0.1, 0.15) is 6.04 Å². The molecule has 2 saturated heterocycles. The number of hydrogen-bond donors (Lipinski definition) is 3. The Kier molecular flexibility index (Phi) is 4.67. The average molecular weight is 396 g/mol. The van der Waals surface area contributed by atoms with Crippen LogP contribution in [0.5, 0.6) is 0 Å². The van der Waals surface area contributed by atoms with Gasteiger partial charge in [0.25, 0.3) is 5.91 Å². The molecule has 1 aromatic rings. The van der Waals surface area contributed by atoms with Crippen molar-refractivity contribution in [2.24, 2.45) is 5.92 Å². The molecule has 0 spiro atoms. The molecule has 3 amide bonds. The van der Waals surface area contributed by atoms with Gasteiger partial charge in [0.2, 0.25) is 11.8 Å². The number of carbonyl (C=O) groups is 3. The van der Waals surface area contributed by atoms with Crippen molar-refractivity contribution >= 4 is 17.7 Å². The summed E-state index contributed by atoms with van der Waals surface area (Å²) in [7, 11) is 0. The van der Waals surface area contributed by atoms with E-state index >= 15 is 0 Å². The quantitative estimate of drug-likeness (QED) is 0.663. The maximum absolute atomic E-state index is 13.2. The van der Waals surface area contributed by atoms with Crippen LogP contribution in [0.15, 0.2) is 18.2 Å². The molecule has 3 fully saturated rings. The summed E-state index contributed by atoms with van der Waals surface area (Å²) in [6, 6.07) is 5.43. The smallest absolute Gasteiger partial charge is 0.255 e. The molecule has 0 radical (unpaired) electrons. The SMILES string of the molecule is O=C1CCC(N2Cc3cccc(CNC45CCCC(CNC4)C5)c3C2=O)C(=O)N1. The predicted molar refractivity (Wildman–Crippen MR) is 107 cm³/mol. The Labute approximate surface area is 170 Å². The molecular weight excluding hydrogens is 368 g/mol. The number of nitrogens with one attached hydrogen (secondary N) is 3. The lowest BCUT2D eigenvalue weighted by Crippen LogP contribution is -2.59. The fourth-order valence-corrected chi connectivity index (χ4v) is 5.68. The Morgan fingerprint density at radius 1 is 1.21 bits per heavy atom. The van der Waals surface area contributed by atoms with Crippen LogP contribution in [0.4, 0.5) is 0 Å². The fourth-order valence-electron chi connectivity index (χ4n) is 5.68. The molecule has 3 heterocycles. The van der Waals surface area contributed by atoms with Crippen LogP contribution in [-0.4, -0.2) is 47.3 Å². The number of rotatable bonds is 4. The molecule has 154 valence electrons. The summed E-state index contributed by atoms with van der Waals surface area (Å²) in [4.78, 5) is 38.6. The van der Waals surface area contributed by atoms with Crippen LogP contribution >= 0.6 is 0 Å². The van der Waals surface area contributed by atoms with Crippen LogP contribution in [-0.2, 0) is 22.7 Å². The van der Waals surface area contributed by atoms with Crippen LogP contribution < -0.4 is 16.0 Å². The average Bonchev–Trinajstić information content (AvgIpc) is 3.04. The maximum atomic E-state index is 13.2. The van der Waals surface area contributed by atoms with Crippen molar-refractivity contribution in [2.45, 2.75) is 63.2 Å². The van der Waals surface area contributed by atoms with Crippen molar-refractivity contribution in [3.63, 3.8) is 0 Å². The lowest BCUT2D eigenvalue weighted by molar-refractivity contribution is -0.136. The Morgan fingerprint density at radius 2 is 2.10 bits per heavy atom. The van der Waals surface area contributed by atoms with Gasteiger partial charge in [-0.05, 0) is 49.3 Å². The molecule has 7 nitrogen and oxygen atoms in total. The van der Waals surface area contributed by atoms with Crippen LogP contribution in [0.3, 0.4) is 0 Å². The minimum Gasteiger partial charge on any atom is -0.322 e. The van der Waals surface area contributed by atoms with E-state index in [2.05, 4.69) is 16.0 Å². The molecule has 3 aliphatic heterocycles. The summed E-state index contributed by atoms with van der Waals surface area (Å²) in [5, 5.41) is 9.73. The molecule has 29 heavy (non-hydrogen) atoms. The Hall–Kier alpha value is -2.25. The third-order valence-corrected chi connectivity index (χ3v) is 7.14. The molecule has 3 N–H and O–H groups in total. The van der Waals surface area contributed by atoms with E-state index in [9.17, 15) is 14.4 Å². The van der Waals surface area contributed by atoms with Gasteiger partial charge in [-0.2, -0.15) is 0 Å². The van der Waals surface area contributed by atoms with E-state index in [1.54, 1.807) is 4.90 Å². The number of imide groups is 1. The van der Waals surface area contributed by atoms with E-state index in [-0.39, 0.29) is 29.7 Å². The van der Waals surface area contributed by atoms with Crippen molar-refractivity contribution in [2.75, 3.05) is 13.1 Å². The van der Waals surface area contributed by atoms with E-state index in [4.69, 9.17) is 0 Å². The number of fused-ring (bicyclic) bond motifs is 3. The first-order chi connectivity index (χ1) is 14.0. The largest absolute Gasteiger partial charge is 0.322 e. The standard InChI is InChI=1S/C22H28N4O3/c27-18-7-6-17(20(28)25-18)26-12-16-5-1-4-15(19(16)21(26)29)11-24-22-8-2-3-14(9-22)10-23-13-22/h1,4-5,14,17,23-24H,2-3,6-13H2,(H,25,27,28). The minimum absolute atomic E-state index is 0.0901. The van der Waals surface area contributed by atoms with Gasteiger partial charge in [-0.1, -0.05) is 24.6 Å². The van der Waals surface area contributed by atoms with E-state index in [1.165, 1.54) is 25.7 Å². The normalized spacial score (nSPS) is 31.6. The zero-order valence-electron chi connectivity index (χ0n) is 16.6. The van der Waals surface area contributed by atoms with Gasteiger partial charge in [0, 0.05) is 37.2 Å². The number of hydrogen-bond acceptors (Lipinski definition) is 5. The number of benzene rings is 1. The Bertz CT molecular complexity index is 858. The van der Waals surface area contributed by atoms with Crippen LogP contribution in [0.1, 0.15) is 60.0 Å². The number of carbonyl (C=O) groups excluding carboxylic acids is 3. The van der Waals surface area contributed by atoms with Gasteiger partial charge < -0.3 is 15.5 Å². The summed E-state index contributed by atoms with van der Waals surface area (Å²) in [5.74, 6) is 0.0396. The lowest BCUT2D eigenvalue weighted by atomic mass is 9.73. The molecular formula is C22H28N4O3. The molecule has 7 heteroatoms. The second-order valence-electron chi connectivity index (χ2n) is 9.08. The van der Waals surface area contributed by atoms with Crippen LogP contribution in [0, 0.1) is 5.92 Å². The van der Waals surface area contributed by atoms with Crippen molar-refractivity contribution in [3.8, 4) is 0 Å². The molecule has 1 saturated carbocycles. The number of piperidine rings is 2. The number of nitrogens with zero attached hydrogens (tertiary/aromatic N) is 1. The molecule has 3 unspecified atom stereocenters. The first-order valence-corrected chi connectivity index (χ1v) is 10.8. The minimum atomic E-state index is -0.561. The van der Waals surface area contributed by atoms with Crippen LogP contribution in [0.25, 0.3) is 0 Å². The van der Waals surface area contributed by atoms with Crippen molar-refractivity contribution in [3.05, 3.63) is 34.9 Å². The van der Waals surface area contributed by atoms with Crippen molar-refractivity contribution < 1.29 is 14.4 Å². The lowest BCUT2D eigenvalue weighted by Gasteiger charge is -2.46. The molecule has 4 aliphatic rings. The van der Waals surface area contributed by atoms with Crippen LogP contribution in [0.2, 0.25) is 0 Å².